The summed E-state index contributed by atoms with van der Waals surface area (Å²) in [7, 11) is 0. The zero-order valence-corrected chi connectivity index (χ0v) is 20.2. The Morgan fingerprint density at radius 2 is 1.70 bits per heavy atom. The van der Waals surface area contributed by atoms with Gasteiger partial charge in [-0.2, -0.15) is 0 Å². The number of benzene rings is 1. The number of nitrogen functional groups attached to an aromatic ring is 1. The van der Waals surface area contributed by atoms with Crippen LogP contribution in [0.25, 0.3) is 0 Å². The van der Waals surface area contributed by atoms with Gasteiger partial charge in [-0.05, 0) is 87.8 Å². The van der Waals surface area contributed by atoms with E-state index in [4.69, 9.17) is 5.73 Å². The molecule has 0 radical (unpaired) electrons. The van der Waals surface area contributed by atoms with E-state index in [2.05, 4.69) is 54.8 Å². The molecule has 1 heterocycles. The molecule has 0 unspecified atom stereocenters. The van der Waals surface area contributed by atoms with Crippen molar-refractivity contribution in [2.24, 2.45) is 0 Å². The molecule has 2 aromatic rings. The van der Waals surface area contributed by atoms with Gasteiger partial charge in [-0.1, -0.05) is 40.3 Å². The minimum atomic E-state index is 0.803. The molecule has 4 N–H and O–H groups in total. The van der Waals surface area contributed by atoms with Gasteiger partial charge in [0.25, 0.3) is 0 Å². The number of hydrogen-bond donors (Lipinski definition) is 3. The van der Waals surface area contributed by atoms with E-state index in [-0.39, 0.29) is 0 Å². The van der Waals surface area contributed by atoms with E-state index in [0.29, 0.717) is 0 Å². The summed E-state index contributed by atoms with van der Waals surface area (Å²) in [6, 6.07) is 9.91. The van der Waals surface area contributed by atoms with Crippen LogP contribution in [0.3, 0.4) is 0 Å². The summed E-state index contributed by atoms with van der Waals surface area (Å²) in [4.78, 5) is 6.66. The van der Waals surface area contributed by atoms with Crippen LogP contribution < -0.4 is 16.4 Å². The molecule has 5 heteroatoms. The minimum absolute atomic E-state index is 0.803. The van der Waals surface area contributed by atoms with Gasteiger partial charge in [-0.3, -0.25) is 0 Å². The molecular weight excluding hydrogens is 370 g/mol. The number of rotatable bonds is 9. The minimum Gasteiger partial charge on any atom is -0.399 e. The number of pyridine rings is 1. The zero-order valence-electron chi connectivity index (χ0n) is 20.2. The van der Waals surface area contributed by atoms with Crippen molar-refractivity contribution >= 4 is 11.5 Å². The second-order valence-electron chi connectivity index (χ2n) is 6.97. The second kappa shape index (κ2) is 16.3. The van der Waals surface area contributed by atoms with E-state index in [9.17, 15) is 0 Å². The van der Waals surface area contributed by atoms with Crippen LogP contribution in [0.1, 0.15) is 50.8 Å². The molecular formula is C25H43N5. The smallest absolute Gasteiger partial charge is 0.131 e. The van der Waals surface area contributed by atoms with E-state index in [0.717, 1.165) is 49.9 Å². The Hall–Kier alpha value is -2.53. The highest BCUT2D eigenvalue weighted by molar-refractivity contribution is 5.43. The van der Waals surface area contributed by atoms with Crippen molar-refractivity contribution < 1.29 is 0 Å². The predicted octanol–water partition coefficient (Wildman–Crippen LogP) is 5.51. The highest BCUT2D eigenvalue weighted by Crippen LogP contribution is 2.10. The summed E-state index contributed by atoms with van der Waals surface area (Å²) in [5.41, 5.74) is 10.1. The van der Waals surface area contributed by atoms with Crippen molar-refractivity contribution in [1.82, 2.24) is 15.2 Å². The van der Waals surface area contributed by atoms with Crippen LogP contribution in [0.5, 0.6) is 0 Å². The molecule has 168 valence electrons. The SMILES string of the molecule is C=C(NCCCN(CC)CC)Nc1cc(C)ccn1.CC.Cc1ccc(N)cc1C. The zero-order chi connectivity index (χ0) is 22.9. The van der Waals surface area contributed by atoms with Crippen molar-refractivity contribution in [3.05, 3.63) is 65.6 Å². The molecule has 0 saturated heterocycles. The lowest BCUT2D eigenvalue weighted by Crippen LogP contribution is -2.28. The Bertz CT molecular complexity index is 723. The van der Waals surface area contributed by atoms with E-state index in [1.807, 2.05) is 51.1 Å². The molecule has 0 saturated carbocycles. The van der Waals surface area contributed by atoms with Crippen LogP contribution in [0.4, 0.5) is 11.5 Å². The fourth-order valence-corrected chi connectivity index (χ4v) is 2.65. The van der Waals surface area contributed by atoms with Crippen LogP contribution in [-0.4, -0.2) is 36.1 Å². The van der Waals surface area contributed by atoms with Gasteiger partial charge in [0.15, 0.2) is 0 Å². The molecule has 0 fully saturated rings. The Morgan fingerprint density at radius 3 is 2.23 bits per heavy atom. The monoisotopic (exact) mass is 413 g/mol. The predicted molar refractivity (Wildman–Crippen MR) is 134 cm³/mol. The van der Waals surface area contributed by atoms with Crippen LogP contribution in [0.2, 0.25) is 0 Å². The van der Waals surface area contributed by atoms with Gasteiger partial charge in [0.1, 0.15) is 5.82 Å². The first-order chi connectivity index (χ1) is 14.3. The molecule has 1 aromatic carbocycles. The van der Waals surface area contributed by atoms with Gasteiger partial charge in [-0.15, -0.1) is 0 Å². The topological polar surface area (TPSA) is 66.2 Å². The highest BCUT2D eigenvalue weighted by Gasteiger charge is 1.99. The lowest BCUT2D eigenvalue weighted by molar-refractivity contribution is 0.299. The summed E-state index contributed by atoms with van der Waals surface area (Å²) >= 11 is 0. The lowest BCUT2D eigenvalue weighted by atomic mass is 10.1. The van der Waals surface area contributed by atoms with Crippen molar-refractivity contribution in [2.75, 3.05) is 37.2 Å². The Labute approximate surface area is 184 Å². The maximum absolute atomic E-state index is 5.53. The van der Waals surface area contributed by atoms with Crippen molar-refractivity contribution in [3.8, 4) is 0 Å². The molecule has 0 aliphatic rings. The summed E-state index contributed by atoms with van der Waals surface area (Å²) in [5, 5.41) is 6.45. The van der Waals surface area contributed by atoms with Crippen LogP contribution in [0, 0.1) is 20.8 Å². The second-order valence-corrected chi connectivity index (χ2v) is 6.97. The number of anilines is 2. The van der Waals surface area contributed by atoms with Gasteiger partial charge in [0, 0.05) is 18.4 Å². The number of nitrogens with one attached hydrogen (secondary N) is 2. The summed E-state index contributed by atoms with van der Waals surface area (Å²) in [5.74, 6) is 1.64. The third kappa shape index (κ3) is 12.1. The fourth-order valence-electron chi connectivity index (χ4n) is 2.65. The first-order valence-electron chi connectivity index (χ1n) is 11.0. The molecule has 0 atom stereocenters. The van der Waals surface area contributed by atoms with E-state index in [1.165, 1.54) is 16.7 Å². The largest absolute Gasteiger partial charge is 0.399 e. The molecule has 0 aliphatic carbocycles. The van der Waals surface area contributed by atoms with Crippen LogP contribution in [0.15, 0.2) is 48.9 Å². The number of nitrogens with two attached hydrogens (primary N) is 1. The van der Waals surface area contributed by atoms with Crippen LogP contribution >= 0.6 is 0 Å². The van der Waals surface area contributed by atoms with Crippen molar-refractivity contribution in [2.45, 2.75) is 54.9 Å². The molecule has 0 spiro atoms. The first-order valence-corrected chi connectivity index (χ1v) is 11.0. The fraction of sp³-hybridized carbons (Fsp3) is 0.480. The molecule has 30 heavy (non-hydrogen) atoms. The number of hydrogen-bond acceptors (Lipinski definition) is 5. The maximum atomic E-state index is 5.53. The van der Waals surface area contributed by atoms with Crippen molar-refractivity contribution in [1.29, 1.82) is 0 Å². The van der Waals surface area contributed by atoms with E-state index >= 15 is 0 Å². The molecule has 0 amide bonds. The normalized spacial score (nSPS) is 9.73. The number of nitrogens with zero attached hydrogens (tertiary/aromatic N) is 2. The third-order valence-corrected chi connectivity index (χ3v) is 4.61. The van der Waals surface area contributed by atoms with Gasteiger partial charge < -0.3 is 21.3 Å². The van der Waals surface area contributed by atoms with Gasteiger partial charge in [-0.25, -0.2) is 4.98 Å². The van der Waals surface area contributed by atoms with E-state index < -0.39 is 0 Å². The highest BCUT2D eigenvalue weighted by atomic mass is 15.1. The summed E-state index contributed by atoms with van der Waals surface area (Å²) in [6.45, 7) is 22.8. The van der Waals surface area contributed by atoms with Gasteiger partial charge in [0.05, 0.1) is 5.82 Å². The Morgan fingerprint density at radius 1 is 1.03 bits per heavy atom. The molecule has 2 rings (SSSR count). The molecule has 5 nitrogen and oxygen atoms in total. The Balaban J connectivity index is 0.000000636. The van der Waals surface area contributed by atoms with Gasteiger partial charge in [0.2, 0.25) is 0 Å². The third-order valence-electron chi connectivity index (χ3n) is 4.61. The molecule has 1 aromatic heterocycles. The number of aryl methyl sites for hydroxylation is 3. The molecule has 0 bridgehead atoms. The van der Waals surface area contributed by atoms with Crippen LogP contribution in [-0.2, 0) is 0 Å². The van der Waals surface area contributed by atoms with E-state index in [1.54, 1.807) is 6.20 Å². The summed E-state index contributed by atoms with van der Waals surface area (Å²) < 4.78 is 0. The average Bonchev–Trinajstić information content (AvgIpc) is 2.73. The van der Waals surface area contributed by atoms with Crippen molar-refractivity contribution in [3.63, 3.8) is 0 Å². The first kappa shape index (κ1) is 27.5. The standard InChI is InChI=1S/C15H26N4.C8H11N.C2H6/c1-5-19(6-2)11-7-9-16-14(4)18-15-12-13(3)8-10-17-15;1-6-3-4-8(9)5-7(6)2;1-2/h8,10,12,16H,4-7,9,11H2,1-3H3,(H,17,18);3-5H,9H2,1-2H3;1-2H3. The summed E-state index contributed by atoms with van der Waals surface area (Å²) in [6.07, 6.45) is 2.91. The quantitative estimate of drug-likeness (QED) is 0.374. The average molecular weight is 414 g/mol. The van der Waals surface area contributed by atoms with Gasteiger partial charge >= 0.3 is 0 Å². The Kier molecular flexibility index (Phi) is 14.9. The molecule has 0 aliphatic heterocycles. The maximum Gasteiger partial charge on any atom is 0.131 e. The number of aromatic nitrogens is 1. The lowest BCUT2D eigenvalue weighted by Gasteiger charge is -2.18.